The Balaban J connectivity index is 2.41. The fourth-order valence-corrected chi connectivity index (χ4v) is 1.73. The molecule has 13 heavy (non-hydrogen) atoms. The van der Waals surface area contributed by atoms with E-state index in [0.29, 0.717) is 0 Å². The fraction of sp³-hybridized carbons (Fsp3) is 0.455. The first-order valence-electron chi connectivity index (χ1n) is 4.69. The molecule has 1 atom stereocenters. The van der Waals surface area contributed by atoms with Crippen molar-refractivity contribution in [1.82, 2.24) is 0 Å². The summed E-state index contributed by atoms with van der Waals surface area (Å²) in [6.45, 7) is 2.13. The molecule has 2 nitrogen and oxygen atoms in total. The van der Waals surface area contributed by atoms with Crippen molar-refractivity contribution in [3.05, 3.63) is 29.3 Å². The number of hydrogen-bond donors (Lipinski definition) is 1. The van der Waals surface area contributed by atoms with Crippen molar-refractivity contribution in [2.24, 2.45) is 0 Å². The van der Waals surface area contributed by atoms with Gasteiger partial charge in [-0.2, -0.15) is 0 Å². The summed E-state index contributed by atoms with van der Waals surface area (Å²) in [7, 11) is 0. The first-order chi connectivity index (χ1) is 6.31. The molecule has 0 fully saturated rings. The second kappa shape index (κ2) is 3.38. The van der Waals surface area contributed by atoms with Gasteiger partial charge >= 0.3 is 0 Å². The quantitative estimate of drug-likeness (QED) is 0.711. The first kappa shape index (κ1) is 8.57. The lowest BCUT2D eigenvalue weighted by Gasteiger charge is -2.24. The van der Waals surface area contributed by atoms with Crippen LogP contribution in [0.25, 0.3) is 0 Å². The molecule has 0 aliphatic carbocycles. The third-order valence-electron chi connectivity index (χ3n) is 2.49. The summed E-state index contributed by atoms with van der Waals surface area (Å²) in [6.07, 6.45) is 2.41. The zero-order valence-corrected chi connectivity index (χ0v) is 7.79. The fourth-order valence-electron chi connectivity index (χ4n) is 1.73. The molecule has 1 heterocycles. The number of aliphatic hydroxyl groups excluding tert-OH is 1. The molecule has 1 N–H and O–H groups in total. The van der Waals surface area contributed by atoms with Gasteiger partial charge in [-0.05, 0) is 25.3 Å². The molecule has 0 aromatic heterocycles. The predicted molar refractivity (Wildman–Crippen MR) is 50.8 cm³/mol. The van der Waals surface area contributed by atoms with E-state index in [1.165, 1.54) is 5.56 Å². The average molecular weight is 178 g/mol. The van der Waals surface area contributed by atoms with E-state index in [-0.39, 0.29) is 12.7 Å². The number of para-hydroxylation sites is 1. The molecule has 1 aliphatic heterocycles. The van der Waals surface area contributed by atoms with Crippen LogP contribution in [0.1, 0.15) is 24.5 Å². The first-order valence-corrected chi connectivity index (χ1v) is 4.69. The largest absolute Gasteiger partial charge is 0.490 e. The summed E-state index contributed by atoms with van der Waals surface area (Å²) in [5.74, 6) is 0.906. The van der Waals surface area contributed by atoms with E-state index in [4.69, 9.17) is 9.84 Å². The number of aliphatic hydroxyl groups is 1. The van der Waals surface area contributed by atoms with Crippen LogP contribution < -0.4 is 4.74 Å². The lowest BCUT2D eigenvalue weighted by molar-refractivity contribution is 0.183. The molecule has 2 rings (SSSR count). The van der Waals surface area contributed by atoms with Gasteiger partial charge in [0, 0.05) is 5.56 Å². The summed E-state index contributed by atoms with van der Waals surface area (Å²) >= 11 is 0. The molecule has 0 saturated heterocycles. The summed E-state index contributed by atoms with van der Waals surface area (Å²) in [5.41, 5.74) is 2.13. The number of rotatable bonds is 1. The molecule has 1 aromatic rings. The van der Waals surface area contributed by atoms with Gasteiger partial charge in [0.15, 0.2) is 0 Å². The number of ether oxygens (including phenoxy) is 1. The Hall–Kier alpha value is -1.02. The Morgan fingerprint density at radius 1 is 1.54 bits per heavy atom. The molecule has 1 aromatic carbocycles. The Kier molecular flexibility index (Phi) is 2.23. The van der Waals surface area contributed by atoms with Crippen LogP contribution in [0.15, 0.2) is 18.2 Å². The number of benzene rings is 1. The van der Waals surface area contributed by atoms with Crippen LogP contribution in [0.4, 0.5) is 0 Å². The van der Waals surface area contributed by atoms with Crippen molar-refractivity contribution in [3.63, 3.8) is 0 Å². The molecule has 1 unspecified atom stereocenters. The molecule has 2 heteroatoms. The molecule has 0 saturated carbocycles. The van der Waals surface area contributed by atoms with Crippen molar-refractivity contribution in [2.45, 2.75) is 32.5 Å². The SMILES string of the molecule is CC1CCc2cccc(CO)c2O1. The second-order valence-electron chi connectivity index (χ2n) is 3.53. The summed E-state index contributed by atoms with van der Waals surface area (Å²) in [4.78, 5) is 0. The van der Waals surface area contributed by atoms with Crippen LogP contribution in [-0.4, -0.2) is 11.2 Å². The van der Waals surface area contributed by atoms with Gasteiger partial charge in [0.1, 0.15) is 5.75 Å². The summed E-state index contributed by atoms with van der Waals surface area (Å²) in [5, 5.41) is 9.10. The topological polar surface area (TPSA) is 29.5 Å². The van der Waals surface area contributed by atoms with Gasteiger partial charge in [-0.3, -0.25) is 0 Å². The van der Waals surface area contributed by atoms with Crippen LogP contribution in [-0.2, 0) is 13.0 Å². The molecular formula is C11H14O2. The standard InChI is InChI=1S/C11H14O2/c1-8-5-6-9-3-2-4-10(7-12)11(9)13-8/h2-4,8,12H,5-7H2,1H3. The Bertz CT molecular complexity index is 293. The third kappa shape index (κ3) is 1.54. The van der Waals surface area contributed by atoms with Gasteiger partial charge < -0.3 is 9.84 Å². The molecule has 1 aliphatic rings. The van der Waals surface area contributed by atoms with E-state index in [2.05, 4.69) is 13.0 Å². The van der Waals surface area contributed by atoms with Gasteiger partial charge in [-0.1, -0.05) is 18.2 Å². The maximum Gasteiger partial charge on any atom is 0.128 e. The van der Waals surface area contributed by atoms with Crippen molar-refractivity contribution < 1.29 is 9.84 Å². The number of fused-ring (bicyclic) bond motifs is 1. The molecule has 0 amide bonds. The van der Waals surface area contributed by atoms with Crippen molar-refractivity contribution >= 4 is 0 Å². The smallest absolute Gasteiger partial charge is 0.128 e. The minimum Gasteiger partial charge on any atom is -0.490 e. The maximum atomic E-state index is 9.10. The molecule has 0 radical (unpaired) electrons. The number of aryl methyl sites for hydroxylation is 1. The van der Waals surface area contributed by atoms with E-state index in [0.717, 1.165) is 24.2 Å². The van der Waals surface area contributed by atoms with Crippen molar-refractivity contribution in [3.8, 4) is 5.75 Å². The normalized spacial score (nSPS) is 20.6. The molecule has 0 spiro atoms. The highest BCUT2D eigenvalue weighted by molar-refractivity contribution is 5.42. The highest BCUT2D eigenvalue weighted by atomic mass is 16.5. The van der Waals surface area contributed by atoms with Crippen LogP contribution >= 0.6 is 0 Å². The van der Waals surface area contributed by atoms with E-state index in [9.17, 15) is 0 Å². The monoisotopic (exact) mass is 178 g/mol. The Labute approximate surface area is 78.2 Å². The predicted octanol–water partition coefficient (Wildman–Crippen LogP) is 1.89. The summed E-state index contributed by atoms with van der Waals surface area (Å²) < 4.78 is 5.69. The van der Waals surface area contributed by atoms with Crippen LogP contribution in [0, 0.1) is 0 Å². The Morgan fingerprint density at radius 3 is 3.15 bits per heavy atom. The zero-order chi connectivity index (χ0) is 9.26. The van der Waals surface area contributed by atoms with Gasteiger partial charge in [0.05, 0.1) is 12.7 Å². The lowest BCUT2D eigenvalue weighted by Crippen LogP contribution is -2.19. The Morgan fingerprint density at radius 2 is 2.38 bits per heavy atom. The van der Waals surface area contributed by atoms with Crippen molar-refractivity contribution in [1.29, 1.82) is 0 Å². The van der Waals surface area contributed by atoms with E-state index < -0.39 is 0 Å². The highest BCUT2D eigenvalue weighted by Gasteiger charge is 2.18. The van der Waals surface area contributed by atoms with E-state index in [1.54, 1.807) is 0 Å². The van der Waals surface area contributed by atoms with E-state index >= 15 is 0 Å². The van der Waals surface area contributed by atoms with Crippen LogP contribution in [0.2, 0.25) is 0 Å². The number of hydrogen-bond acceptors (Lipinski definition) is 2. The van der Waals surface area contributed by atoms with Gasteiger partial charge in [0.25, 0.3) is 0 Å². The van der Waals surface area contributed by atoms with Gasteiger partial charge in [-0.25, -0.2) is 0 Å². The van der Waals surface area contributed by atoms with Crippen LogP contribution in [0.5, 0.6) is 5.75 Å². The molecule has 0 bridgehead atoms. The van der Waals surface area contributed by atoms with Crippen molar-refractivity contribution in [2.75, 3.05) is 0 Å². The minimum atomic E-state index is 0.0654. The minimum absolute atomic E-state index is 0.0654. The van der Waals surface area contributed by atoms with Crippen LogP contribution in [0.3, 0.4) is 0 Å². The van der Waals surface area contributed by atoms with Gasteiger partial charge in [-0.15, -0.1) is 0 Å². The second-order valence-corrected chi connectivity index (χ2v) is 3.53. The molecular weight excluding hydrogens is 164 g/mol. The highest BCUT2D eigenvalue weighted by Crippen LogP contribution is 2.30. The van der Waals surface area contributed by atoms with Gasteiger partial charge in [0.2, 0.25) is 0 Å². The zero-order valence-electron chi connectivity index (χ0n) is 7.79. The molecule has 70 valence electrons. The third-order valence-corrected chi connectivity index (χ3v) is 2.49. The van der Waals surface area contributed by atoms with E-state index in [1.807, 2.05) is 12.1 Å². The average Bonchev–Trinajstić information content (AvgIpc) is 2.17. The maximum absolute atomic E-state index is 9.10. The lowest BCUT2D eigenvalue weighted by atomic mass is 10.00. The summed E-state index contributed by atoms with van der Waals surface area (Å²) in [6, 6.07) is 5.96.